The van der Waals surface area contributed by atoms with Crippen molar-refractivity contribution in [2.45, 2.75) is 57.0 Å². The molecule has 2 aliphatic carbocycles. The van der Waals surface area contributed by atoms with E-state index in [-0.39, 0.29) is 37.3 Å². The summed E-state index contributed by atoms with van der Waals surface area (Å²) < 4.78 is 33.0. The molecule has 4 aromatic rings. The van der Waals surface area contributed by atoms with Crippen molar-refractivity contribution in [1.29, 1.82) is 0 Å². The lowest BCUT2D eigenvalue weighted by atomic mass is 9.89. The van der Waals surface area contributed by atoms with Crippen LogP contribution < -0.4 is 5.32 Å². The van der Waals surface area contributed by atoms with Crippen LogP contribution in [0.25, 0.3) is 11.1 Å². The summed E-state index contributed by atoms with van der Waals surface area (Å²) in [5.41, 5.74) is 5.82. The molecule has 0 saturated heterocycles. The van der Waals surface area contributed by atoms with E-state index in [4.69, 9.17) is 13.8 Å². The summed E-state index contributed by atoms with van der Waals surface area (Å²) in [5, 5.41) is 14.1. The fraction of sp³-hybridized carbons (Fsp3) is 0.306. The van der Waals surface area contributed by atoms with E-state index in [9.17, 15) is 19.5 Å². The van der Waals surface area contributed by atoms with Gasteiger partial charge in [0.25, 0.3) is 5.69 Å². The summed E-state index contributed by atoms with van der Waals surface area (Å²) >= 11 is 0. The number of rotatable bonds is 12. The Hall–Kier alpha value is -4.30. The smallest absolute Gasteiger partial charge is 0.407 e. The van der Waals surface area contributed by atoms with Gasteiger partial charge in [0.2, 0.25) is 0 Å². The summed E-state index contributed by atoms with van der Waals surface area (Å²) in [4.78, 5) is 24.2. The van der Waals surface area contributed by atoms with E-state index in [1.54, 1.807) is 12.1 Å². The number of carbonyl (C=O) groups excluding carboxylic acids is 1. The molecule has 2 atom stereocenters. The fourth-order valence-corrected chi connectivity index (χ4v) is 8.61. The van der Waals surface area contributed by atoms with Crippen LogP contribution in [-0.4, -0.2) is 23.4 Å². The molecule has 1 amide bonds. The highest BCUT2D eigenvalue weighted by molar-refractivity contribution is 7.54. The molecule has 2 aliphatic rings. The van der Waals surface area contributed by atoms with Gasteiger partial charge in [-0.25, -0.2) is 4.79 Å². The first-order valence-electron chi connectivity index (χ1n) is 15.7. The Morgan fingerprint density at radius 2 is 1.33 bits per heavy atom. The third kappa shape index (κ3) is 7.23. The topological polar surface area (TPSA) is 117 Å². The number of ether oxygens (including phenoxy) is 1. The van der Waals surface area contributed by atoms with Crippen molar-refractivity contribution in [3.05, 3.63) is 135 Å². The molecular formula is C36H37N2O7P. The number of nitrogens with zero attached hydrogens (tertiary/aromatic N) is 1. The second-order valence-electron chi connectivity index (χ2n) is 11.8. The third-order valence-electron chi connectivity index (χ3n) is 8.86. The van der Waals surface area contributed by atoms with E-state index in [0.29, 0.717) is 5.56 Å². The number of hydrogen-bond acceptors (Lipinski definition) is 7. The molecule has 0 bridgehead atoms. The lowest BCUT2D eigenvalue weighted by molar-refractivity contribution is -0.384. The van der Waals surface area contributed by atoms with Crippen LogP contribution in [0.15, 0.2) is 103 Å². The average molecular weight is 641 g/mol. The van der Waals surface area contributed by atoms with Gasteiger partial charge < -0.3 is 19.1 Å². The van der Waals surface area contributed by atoms with Gasteiger partial charge in [0, 0.05) is 18.1 Å². The Morgan fingerprint density at radius 3 is 1.91 bits per heavy atom. The minimum atomic E-state index is -4.01. The van der Waals surface area contributed by atoms with E-state index in [0.717, 1.165) is 59.9 Å². The normalized spacial score (nSPS) is 16.5. The van der Waals surface area contributed by atoms with Crippen molar-refractivity contribution in [3.8, 4) is 11.1 Å². The molecule has 4 aromatic carbocycles. The third-order valence-corrected chi connectivity index (χ3v) is 11.1. The predicted molar refractivity (Wildman–Crippen MR) is 175 cm³/mol. The van der Waals surface area contributed by atoms with Gasteiger partial charge in [-0.3, -0.25) is 14.7 Å². The van der Waals surface area contributed by atoms with Crippen molar-refractivity contribution in [2.75, 3.05) is 6.61 Å². The van der Waals surface area contributed by atoms with Gasteiger partial charge in [-0.2, -0.15) is 0 Å². The maximum atomic E-state index is 14.8. The molecule has 6 rings (SSSR count). The molecule has 1 fully saturated rings. The molecule has 9 nitrogen and oxygen atoms in total. The number of amides is 1. The Morgan fingerprint density at radius 1 is 0.783 bits per heavy atom. The highest BCUT2D eigenvalue weighted by atomic mass is 31.2. The number of nitro groups is 1. The minimum absolute atomic E-state index is 0.0218. The van der Waals surface area contributed by atoms with E-state index in [1.165, 1.54) is 12.1 Å². The zero-order chi connectivity index (χ0) is 31.9. The minimum Gasteiger partial charge on any atom is -0.449 e. The SMILES string of the molecule is O=C(N[C@@H](C1CCCCC1)P(=O)(OCc1ccccc1)OCc1ccc([N+](=O)[O-])cc1)OCC1c2ccccc2-c2ccccc21. The molecule has 1 unspecified atom stereocenters. The zero-order valence-electron chi connectivity index (χ0n) is 25.5. The van der Waals surface area contributed by atoms with Crippen molar-refractivity contribution in [2.24, 2.45) is 5.92 Å². The van der Waals surface area contributed by atoms with Gasteiger partial charge in [0.1, 0.15) is 12.4 Å². The van der Waals surface area contributed by atoms with Gasteiger partial charge in [0.05, 0.1) is 18.1 Å². The molecule has 1 N–H and O–H groups in total. The summed E-state index contributed by atoms with van der Waals surface area (Å²) in [6.45, 7) is 0.0314. The maximum Gasteiger partial charge on any atom is 0.407 e. The quantitative estimate of drug-likeness (QED) is 0.0933. The molecule has 0 radical (unpaired) electrons. The number of carbonyl (C=O) groups is 1. The highest BCUT2D eigenvalue weighted by Gasteiger charge is 2.44. The van der Waals surface area contributed by atoms with Crippen LogP contribution in [0.4, 0.5) is 10.5 Å². The molecule has 0 aliphatic heterocycles. The van der Waals surface area contributed by atoms with Gasteiger partial charge in [0.15, 0.2) is 0 Å². The van der Waals surface area contributed by atoms with E-state index in [1.807, 2.05) is 54.6 Å². The average Bonchev–Trinajstić information content (AvgIpc) is 3.42. The van der Waals surface area contributed by atoms with Crippen molar-refractivity contribution < 1.29 is 28.1 Å². The van der Waals surface area contributed by atoms with Crippen LogP contribution in [-0.2, 0) is 31.6 Å². The van der Waals surface area contributed by atoms with Crippen LogP contribution in [0.1, 0.15) is 60.3 Å². The van der Waals surface area contributed by atoms with E-state index >= 15 is 0 Å². The van der Waals surface area contributed by atoms with Crippen LogP contribution in [0.3, 0.4) is 0 Å². The van der Waals surface area contributed by atoms with Crippen molar-refractivity contribution in [1.82, 2.24) is 5.32 Å². The maximum absolute atomic E-state index is 14.8. The first-order valence-corrected chi connectivity index (χ1v) is 17.3. The number of fused-ring (bicyclic) bond motifs is 3. The number of nitro benzene ring substituents is 1. The van der Waals surface area contributed by atoms with E-state index in [2.05, 4.69) is 29.6 Å². The zero-order valence-corrected chi connectivity index (χ0v) is 26.4. The monoisotopic (exact) mass is 640 g/mol. The van der Waals surface area contributed by atoms with Gasteiger partial charge >= 0.3 is 13.7 Å². The van der Waals surface area contributed by atoms with Gasteiger partial charge in [-0.05, 0) is 64.3 Å². The van der Waals surface area contributed by atoms with Gasteiger partial charge in [-0.15, -0.1) is 0 Å². The lowest BCUT2D eigenvalue weighted by Crippen LogP contribution is -2.42. The van der Waals surface area contributed by atoms with Crippen LogP contribution in [0.2, 0.25) is 0 Å². The molecule has 0 heterocycles. The summed E-state index contributed by atoms with van der Waals surface area (Å²) in [5.74, 6) is -1.20. The molecule has 0 aromatic heterocycles. The standard InChI is InChI=1S/C36H37N2O7P/c39-36(43-25-34-32-17-9-7-15-30(32)31-16-8-10-18-33(31)34)37-35(28-13-5-2-6-14-28)46(42,44-23-26-11-3-1-4-12-26)45-24-27-19-21-29(22-20-27)38(40)41/h1,3-4,7-12,15-22,28,34-35H,2,5-6,13-14,23-25H2,(H,37,39)/t35-,46?/m1/s1. The van der Waals surface area contributed by atoms with Crippen molar-refractivity contribution >= 4 is 19.4 Å². The van der Waals surface area contributed by atoms with Crippen molar-refractivity contribution in [3.63, 3.8) is 0 Å². The Kier molecular flexibility index (Phi) is 9.93. The number of nitrogens with one attached hydrogen (secondary N) is 1. The predicted octanol–water partition coefficient (Wildman–Crippen LogP) is 8.97. The summed E-state index contributed by atoms with van der Waals surface area (Å²) in [7, 11) is -4.01. The van der Waals surface area contributed by atoms with Crippen LogP contribution in [0.5, 0.6) is 0 Å². The highest BCUT2D eigenvalue weighted by Crippen LogP contribution is 2.57. The van der Waals surface area contributed by atoms with Crippen LogP contribution in [0, 0.1) is 16.0 Å². The molecule has 238 valence electrons. The summed E-state index contributed by atoms with van der Waals surface area (Å²) in [6.07, 6.45) is 3.78. The largest absolute Gasteiger partial charge is 0.449 e. The number of alkyl carbamates (subject to hydrolysis) is 1. The molecule has 0 spiro atoms. The fourth-order valence-electron chi connectivity index (χ4n) is 6.48. The summed E-state index contributed by atoms with van der Waals surface area (Å²) in [6, 6.07) is 31.5. The van der Waals surface area contributed by atoms with Crippen LogP contribution >= 0.6 is 7.60 Å². The first kappa shape index (κ1) is 31.7. The lowest BCUT2D eigenvalue weighted by Gasteiger charge is -2.35. The molecule has 46 heavy (non-hydrogen) atoms. The molecule has 1 saturated carbocycles. The Labute approximate surface area is 268 Å². The second-order valence-corrected chi connectivity index (χ2v) is 14.0. The molecular weight excluding hydrogens is 603 g/mol. The molecule has 10 heteroatoms. The van der Waals surface area contributed by atoms with E-state index < -0.39 is 24.4 Å². The number of non-ortho nitro benzene ring substituents is 1. The Bertz CT molecular complexity index is 1660. The van der Waals surface area contributed by atoms with Gasteiger partial charge in [-0.1, -0.05) is 98.1 Å². The number of hydrogen-bond donors (Lipinski definition) is 1. The Balaban J connectivity index is 1.22. The second kappa shape index (κ2) is 14.4. The first-order chi connectivity index (χ1) is 22.4. The number of benzene rings is 4.